The maximum absolute atomic E-state index is 9.21. The number of aliphatic hydroxyl groups is 1. The average Bonchev–Trinajstić information content (AvgIpc) is 2.42. The molecule has 0 fully saturated rings. The van der Waals surface area contributed by atoms with Crippen LogP contribution in [0, 0.1) is 6.92 Å². The van der Waals surface area contributed by atoms with Gasteiger partial charge >= 0.3 is 0 Å². The number of hydrogen-bond acceptors (Lipinski definition) is 3. The molecular weight excluding hydrogens is 238 g/mol. The highest BCUT2D eigenvalue weighted by molar-refractivity contribution is 5.39. The molecule has 1 aromatic rings. The van der Waals surface area contributed by atoms with Crippen LogP contribution >= 0.6 is 0 Å². The van der Waals surface area contributed by atoms with Gasteiger partial charge in [-0.1, -0.05) is 38.5 Å². The van der Waals surface area contributed by atoms with Crippen molar-refractivity contribution in [2.75, 3.05) is 13.2 Å². The molecule has 3 N–H and O–H groups in total. The van der Waals surface area contributed by atoms with Crippen molar-refractivity contribution in [3.05, 3.63) is 29.3 Å². The van der Waals surface area contributed by atoms with E-state index in [2.05, 4.69) is 13.0 Å². The first-order valence-electron chi connectivity index (χ1n) is 7.14. The monoisotopic (exact) mass is 267 g/mol. The van der Waals surface area contributed by atoms with Gasteiger partial charge in [-0.05, 0) is 44.9 Å². The van der Waals surface area contributed by atoms with Gasteiger partial charge in [0.05, 0.1) is 6.61 Å². The second-order valence-electron chi connectivity index (χ2n) is 4.73. The number of hydrogen-bond donors (Lipinski definition) is 2. The van der Waals surface area contributed by atoms with Crippen molar-refractivity contribution >= 4 is 0 Å². The van der Waals surface area contributed by atoms with E-state index in [9.17, 15) is 5.11 Å². The Kier molecular flexibility index (Phi) is 8.44. The molecule has 2 rings (SSSR count). The highest BCUT2D eigenvalue weighted by atomic mass is 16.5. The predicted molar refractivity (Wildman–Crippen MR) is 81.7 cm³/mol. The topological polar surface area (TPSA) is 55.5 Å². The fourth-order valence-corrected chi connectivity index (χ4v) is 1.83. The van der Waals surface area contributed by atoms with Crippen LogP contribution in [0.4, 0.5) is 0 Å². The molecule has 0 aromatic heterocycles. The Morgan fingerprint density at radius 2 is 1.95 bits per heavy atom. The lowest BCUT2D eigenvalue weighted by Crippen LogP contribution is -2.39. The lowest BCUT2D eigenvalue weighted by Gasteiger charge is -2.34. The summed E-state index contributed by atoms with van der Waals surface area (Å²) in [6.07, 6.45) is 1.88. The van der Waals surface area contributed by atoms with E-state index in [-0.39, 0.29) is 12.2 Å². The van der Waals surface area contributed by atoms with E-state index in [0.717, 1.165) is 25.1 Å². The predicted octanol–water partition coefficient (Wildman–Crippen LogP) is 3.06. The number of aryl methyl sites for hydroxylation is 2. The summed E-state index contributed by atoms with van der Waals surface area (Å²) in [4.78, 5) is 0. The molecule has 1 aliphatic heterocycles. The second kappa shape index (κ2) is 8.94. The summed E-state index contributed by atoms with van der Waals surface area (Å²) in [7, 11) is 0. The molecule has 0 saturated heterocycles. The second-order valence-corrected chi connectivity index (χ2v) is 4.73. The number of rotatable bonds is 1. The Morgan fingerprint density at radius 1 is 1.37 bits per heavy atom. The maximum atomic E-state index is 9.21. The summed E-state index contributed by atoms with van der Waals surface area (Å²) in [5, 5.41) is 9.21. The molecule has 0 saturated carbocycles. The van der Waals surface area contributed by atoms with E-state index in [1.807, 2.05) is 39.8 Å². The van der Waals surface area contributed by atoms with Gasteiger partial charge in [0.2, 0.25) is 0 Å². The van der Waals surface area contributed by atoms with Crippen molar-refractivity contribution in [2.24, 2.45) is 5.73 Å². The standard InChI is InChI=1S/C12H16O2.C2H7N.C2H6/c1-9-3-4-11-10(7-9)5-6-12(2,8-13)14-11;1-2-3;1-2/h3-4,7,13H,5-6,8H2,1-2H3;2-3H2,1H3;1-2H3. The summed E-state index contributed by atoms with van der Waals surface area (Å²) in [5.74, 6) is 0.929. The van der Waals surface area contributed by atoms with Gasteiger partial charge in [-0.25, -0.2) is 0 Å². The summed E-state index contributed by atoms with van der Waals surface area (Å²) in [5.41, 5.74) is 6.98. The first kappa shape index (κ1) is 17.9. The summed E-state index contributed by atoms with van der Waals surface area (Å²) in [6, 6.07) is 6.20. The highest BCUT2D eigenvalue weighted by Crippen LogP contribution is 2.33. The van der Waals surface area contributed by atoms with Gasteiger partial charge in [0.15, 0.2) is 0 Å². The Bertz CT molecular complexity index is 366. The molecule has 1 heterocycles. The molecular formula is C16H29NO2. The Morgan fingerprint density at radius 3 is 2.47 bits per heavy atom. The van der Waals surface area contributed by atoms with Crippen LogP contribution in [0.2, 0.25) is 0 Å². The molecule has 1 aromatic carbocycles. The minimum atomic E-state index is -0.387. The van der Waals surface area contributed by atoms with Crippen LogP contribution in [0.15, 0.2) is 18.2 Å². The number of aliphatic hydroxyl groups excluding tert-OH is 1. The van der Waals surface area contributed by atoms with Gasteiger partial charge in [0, 0.05) is 0 Å². The molecule has 1 unspecified atom stereocenters. The van der Waals surface area contributed by atoms with Crippen LogP contribution in [0.1, 0.15) is 45.2 Å². The zero-order chi connectivity index (χ0) is 14.9. The van der Waals surface area contributed by atoms with Crippen LogP contribution in [0.3, 0.4) is 0 Å². The fraction of sp³-hybridized carbons (Fsp3) is 0.625. The van der Waals surface area contributed by atoms with Crippen molar-refractivity contribution in [2.45, 2.75) is 53.1 Å². The fourth-order valence-electron chi connectivity index (χ4n) is 1.83. The van der Waals surface area contributed by atoms with Gasteiger partial charge in [0.25, 0.3) is 0 Å². The summed E-state index contributed by atoms with van der Waals surface area (Å²) >= 11 is 0. The molecule has 110 valence electrons. The smallest absolute Gasteiger partial charge is 0.129 e. The van der Waals surface area contributed by atoms with Crippen molar-refractivity contribution in [3.8, 4) is 5.75 Å². The third-order valence-electron chi connectivity index (χ3n) is 2.83. The summed E-state index contributed by atoms with van der Waals surface area (Å²) < 4.78 is 5.77. The SMILES string of the molecule is CC.CCN.Cc1ccc2c(c1)CCC(C)(CO)O2. The van der Waals surface area contributed by atoms with Crippen LogP contribution in [-0.4, -0.2) is 23.9 Å². The number of ether oxygens (including phenoxy) is 1. The van der Waals surface area contributed by atoms with Crippen molar-refractivity contribution in [3.63, 3.8) is 0 Å². The molecule has 0 radical (unpaired) electrons. The van der Waals surface area contributed by atoms with Crippen molar-refractivity contribution < 1.29 is 9.84 Å². The third kappa shape index (κ3) is 5.62. The molecule has 1 atom stereocenters. The van der Waals surface area contributed by atoms with Crippen molar-refractivity contribution in [1.82, 2.24) is 0 Å². The highest BCUT2D eigenvalue weighted by Gasteiger charge is 2.30. The molecule has 3 heteroatoms. The zero-order valence-electron chi connectivity index (χ0n) is 13.0. The first-order valence-corrected chi connectivity index (χ1v) is 7.14. The Hall–Kier alpha value is -1.06. The van der Waals surface area contributed by atoms with E-state index in [4.69, 9.17) is 10.5 Å². The van der Waals surface area contributed by atoms with Crippen LogP contribution in [0.25, 0.3) is 0 Å². The number of nitrogens with two attached hydrogens (primary N) is 1. The molecule has 0 bridgehead atoms. The normalized spacial score (nSPS) is 19.9. The van der Waals surface area contributed by atoms with E-state index >= 15 is 0 Å². The Labute approximate surface area is 117 Å². The lowest BCUT2D eigenvalue weighted by atomic mass is 9.92. The zero-order valence-corrected chi connectivity index (χ0v) is 13.0. The van der Waals surface area contributed by atoms with E-state index in [1.54, 1.807) is 0 Å². The van der Waals surface area contributed by atoms with Crippen LogP contribution < -0.4 is 10.5 Å². The van der Waals surface area contributed by atoms with Gasteiger partial charge < -0.3 is 15.6 Å². The minimum absolute atomic E-state index is 0.0836. The van der Waals surface area contributed by atoms with Gasteiger partial charge in [-0.2, -0.15) is 0 Å². The van der Waals surface area contributed by atoms with E-state index < -0.39 is 0 Å². The molecule has 1 aliphatic rings. The quantitative estimate of drug-likeness (QED) is 0.822. The van der Waals surface area contributed by atoms with Crippen LogP contribution in [-0.2, 0) is 6.42 Å². The lowest BCUT2D eigenvalue weighted by molar-refractivity contribution is 0.00807. The van der Waals surface area contributed by atoms with E-state index in [1.165, 1.54) is 11.1 Å². The molecule has 19 heavy (non-hydrogen) atoms. The Balaban J connectivity index is 0.000000573. The average molecular weight is 267 g/mol. The molecule has 3 nitrogen and oxygen atoms in total. The van der Waals surface area contributed by atoms with Crippen LogP contribution in [0.5, 0.6) is 5.75 Å². The molecule has 0 amide bonds. The maximum Gasteiger partial charge on any atom is 0.129 e. The van der Waals surface area contributed by atoms with Gasteiger partial charge in [-0.3, -0.25) is 0 Å². The number of fused-ring (bicyclic) bond motifs is 1. The number of benzene rings is 1. The molecule has 0 aliphatic carbocycles. The van der Waals surface area contributed by atoms with Crippen molar-refractivity contribution in [1.29, 1.82) is 0 Å². The molecule has 0 spiro atoms. The largest absolute Gasteiger partial charge is 0.485 e. The first-order chi connectivity index (χ1) is 9.04. The van der Waals surface area contributed by atoms with Gasteiger partial charge in [-0.15, -0.1) is 0 Å². The van der Waals surface area contributed by atoms with E-state index in [0.29, 0.717) is 0 Å². The summed E-state index contributed by atoms with van der Waals surface area (Å²) in [6.45, 7) is 10.8. The third-order valence-corrected chi connectivity index (χ3v) is 2.83. The minimum Gasteiger partial charge on any atom is -0.485 e. The van der Waals surface area contributed by atoms with Gasteiger partial charge in [0.1, 0.15) is 11.4 Å².